The van der Waals surface area contributed by atoms with Gasteiger partial charge < -0.3 is 4.74 Å². The van der Waals surface area contributed by atoms with E-state index in [-0.39, 0.29) is 5.56 Å². The minimum atomic E-state index is -0.0993. The first-order valence-electron chi connectivity index (χ1n) is 9.80. The van der Waals surface area contributed by atoms with Gasteiger partial charge in [0.25, 0.3) is 5.56 Å². The zero-order valence-electron chi connectivity index (χ0n) is 17.1. The van der Waals surface area contributed by atoms with Gasteiger partial charge in [0.05, 0.1) is 35.6 Å². The average molecular weight is 409 g/mol. The van der Waals surface area contributed by atoms with Crippen LogP contribution in [-0.2, 0) is 0 Å². The Balaban J connectivity index is 1.55. The van der Waals surface area contributed by atoms with Crippen LogP contribution in [0.25, 0.3) is 33.5 Å². The number of fused-ring (bicyclic) bond motifs is 1. The number of hydrogen-bond acceptors (Lipinski definition) is 5. The Hall–Kier alpha value is -4.26. The monoisotopic (exact) mass is 409 g/mol. The van der Waals surface area contributed by atoms with Gasteiger partial charge >= 0.3 is 0 Å². The molecule has 5 aromatic rings. The first-order valence-corrected chi connectivity index (χ1v) is 9.80. The zero-order valence-corrected chi connectivity index (χ0v) is 17.1. The lowest BCUT2D eigenvalue weighted by Crippen LogP contribution is -2.22. The van der Waals surface area contributed by atoms with E-state index in [1.165, 1.54) is 0 Å². The minimum Gasteiger partial charge on any atom is -0.497 e. The van der Waals surface area contributed by atoms with Crippen molar-refractivity contribution in [2.75, 3.05) is 7.11 Å². The molecule has 31 heavy (non-hydrogen) atoms. The van der Waals surface area contributed by atoms with Gasteiger partial charge in [-0.15, -0.1) is 5.10 Å². The molecule has 152 valence electrons. The molecule has 2 heterocycles. The van der Waals surface area contributed by atoms with E-state index in [2.05, 4.69) is 15.3 Å². The number of para-hydroxylation sites is 1. The Kier molecular flexibility index (Phi) is 4.55. The van der Waals surface area contributed by atoms with Crippen molar-refractivity contribution in [3.63, 3.8) is 0 Å². The summed E-state index contributed by atoms with van der Waals surface area (Å²) in [6.07, 6.45) is 1.85. The highest BCUT2D eigenvalue weighted by Gasteiger charge is 2.12. The van der Waals surface area contributed by atoms with Gasteiger partial charge in [0.1, 0.15) is 17.3 Å². The molecule has 0 amide bonds. The van der Waals surface area contributed by atoms with Crippen molar-refractivity contribution in [3.05, 3.63) is 95.2 Å². The van der Waals surface area contributed by atoms with Crippen molar-refractivity contribution in [2.45, 2.75) is 6.92 Å². The molecule has 7 heteroatoms. The summed E-state index contributed by atoms with van der Waals surface area (Å²) < 4.78 is 8.50. The van der Waals surface area contributed by atoms with Crippen LogP contribution < -0.4 is 10.3 Å². The fourth-order valence-electron chi connectivity index (χ4n) is 3.59. The zero-order chi connectivity index (χ0) is 21.4. The molecule has 2 aromatic heterocycles. The lowest BCUT2D eigenvalue weighted by Gasteiger charge is -2.11. The van der Waals surface area contributed by atoms with Crippen LogP contribution in [0.4, 0.5) is 0 Å². The lowest BCUT2D eigenvalue weighted by atomic mass is 10.1. The molecule has 5 rings (SSSR count). The van der Waals surface area contributed by atoms with Crippen LogP contribution in [0.1, 0.15) is 5.82 Å². The van der Waals surface area contributed by atoms with Crippen LogP contribution in [0.2, 0.25) is 0 Å². The van der Waals surface area contributed by atoms with E-state index in [0.717, 1.165) is 28.4 Å². The molecule has 0 spiro atoms. The topological polar surface area (TPSA) is 74.8 Å². The van der Waals surface area contributed by atoms with Crippen molar-refractivity contribution >= 4 is 10.9 Å². The smallest absolute Gasteiger partial charge is 0.265 e. The number of hydrogen-bond donors (Lipinski definition) is 0. The van der Waals surface area contributed by atoms with Crippen molar-refractivity contribution in [3.8, 4) is 28.4 Å². The molecule has 0 N–H and O–H groups in total. The number of rotatable bonds is 4. The van der Waals surface area contributed by atoms with E-state index in [0.29, 0.717) is 16.7 Å². The van der Waals surface area contributed by atoms with Gasteiger partial charge in [-0.25, -0.2) is 9.67 Å². The number of aryl methyl sites for hydroxylation is 1. The molecule has 3 aromatic carbocycles. The molecular weight excluding hydrogens is 390 g/mol. The molecule has 0 saturated heterocycles. The lowest BCUT2D eigenvalue weighted by molar-refractivity contribution is 0.415. The van der Waals surface area contributed by atoms with Crippen LogP contribution >= 0.6 is 0 Å². The summed E-state index contributed by atoms with van der Waals surface area (Å²) in [5.74, 6) is 1.41. The molecule has 7 nitrogen and oxygen atoms in total. The average Bonchev–Trinajstić information content (AvgIpc) is 3.30. The predicted molar refractivity (Wildman–Crippen MR) is 119 cm³/mol. The molecule has 0 aliphatic rings. The van der Waals surface area contributed by atoms with Gasteiger partial charge in [-0.3, -0.25) is 9.36 Å². The van der Waals surface area contributed by atoms with E-state index in [1.54, 1.807) is 22.4 Å². The Bertz CT molecular complexity index is 1440. The highest BCUT2D eigenvalue weighted by Crippen LogP contribution is 2.22. The van der Waals surface area contributed by atoms with Crippen LogP contribution in [0, 0.1) is 6.92 Å². The second kappa shape index (κ2) is 7.53. The quantitative estimate of drug-likeness (QED) is 0.449. The molecule has 0 unspecified atom stereocenters. The molecule has 0 saturated carbocycles. The molecule has 0 aliphatic carbocycles. The van der Waals surface area contributed by atoms with Crippen molar-refractivity contribution < 1.29 is 4.74 Å². The standard InChI is InChI=1S/C24H19N5O2/c1-16-25-22-14-19(10-13-21(22)24(30)29(16)18-6-4-3-5-7-18)28-15-23(26-27-28)17-8-11-20(31-2)12-9-17/h3-15H,1-2H3. The van der Waals surface area contributed by atoms with E-state index in [9.17, 15) is 4.79 Å². The molecule has 0 aliphatic heterocycles. The van der Waals surface area contributed by atoms with E-state index >= 15 is 0 Å². The van der Waals surface area contributed by atoms with E-state index in [4.69, 9.17) is 4.74 Å². The maximum Gasteiger partial charge on any atom is 0.265 e. The van der Waals surface area contributed by atoms with Crippen molar-refractivity contribution in [2.24, 2.45) is 0 Å². The molecule has 0 fully saturated rings. The second-order valence-corrected chi connectivity index (χ2v) is 7.11. The summed E-state index contributed by atoms with van der Waals surface area (Å²) >= 11 is 0. The largest absolute Gasteiger partial charge is 0.497 e. The highest BCUT2D eigenvalue weighted by atomic mass is 16.5. The number of benzene rings is 3. The summed E-state index contributed by atoms with van der Waals surface area (Å²) in [6, 6.07) is 22.6. The van der Waals surface area contributed by atoms with E-state index in [1.807, 2.05) is 79.9 Å². The Labute approximate surface area is 178 Å². The van der Waals surface area contributed by atoms with Crippen LogP contribution in [0.15, 0.2) is 83.8 Å². The van der Waals surface area contributed by atoms with E-state index < -0.39 is 0 Å². The molecular formula is C24H19N5O2. The molecule has 0 radical (unpaired) electrons. The first-order chi connectivity index (χ1) is 15.1. The SMILES string of the molecule is COc1ccc(-c2cn(-c3ccc4c(=O)n(-c5ccccc5)c(C)nc4c3)nn2)cc1. The number of methoxy groups -OCH3 is 1. The van der Waals surface area contributed by atoms with Gasteiger partial charge in [-0.1, -0.05) is 23.4 Å². The van der Waals surface area contributed by atoms with Gasteiger partial charge in [-0.05, 0) is 61.5 Å². The predicted octanol–water partition coefficient (Wildman–Crippen LogP) is 3.95. The fraction of sp³-hybridized carbons (Fsp3) is 0.0833. The van der Waals surface area contributed by atoms with Crippen molar-refractivity contribution in [1.29, 1.82) is 0 Å². The fourth-order valence-corrected chi connectivity index (χ4v) is 3.59. The maximum atomic E-state index is 13.1. The first kappa shape index (κ1) is 18.7. The Morgan fingerprint density at radius 3 is 2.42 bits per heavy atom. The van der Waals surface area contributed by atoms with Crippen molar-refractivity contribution in [1.82, 2.24) is 24.5 Å². The van der Waals surface area contributed by atoms with Gasteiger partial charge in [0.15, 0.2) is 0 Å². The second-order valence-electron chi connectivity index (χ2n) is 7.11. The third kappa shape index (κ3) is 3.36. The Morgan fingerprint density at radius 2 is 1.68 bits per heavy atom. The van der Waals surface area contributed by atoms with Gasteiger partial charge in [-0.2, -0.15) is 0 Å². The van der Waals surface area contributed by atoms with Crippen LogP contribution in [0.3, 0.4) is 0 Å². The number of aromatic nitrogens is 5. The summed E-state index contributed by atoms with van der Waals surface area (Å²) in [6.45, 7) is 1.83. The van der Waals surface area contributed by atoms with Crippen LogP contribution in [0.5, 0.6) is 5.75 Å². The Morgan fingerprint density at radius 1 is 0.903 bits per heavy atom. The number of ether oxygens (including phenoxy) is 1. The molecule has 0 bridgehead atoms. The summed E-state index contributed by atoms with van der Waals surface area (Å²) in [5, 5.41) is 9.07. The number of nitrogens with zero attached hydrogens (tertiary/aromatic N) is 5. The highest BCUT2D eigenvalue weighted by molar-refractivity contribution is 5.80. The maximum absolute atomic E-state index is 13.1. The molecule has 0 atom stereocenters. The normalized spacial score (nSPS) is 11.0. The van der Waals surface area contributed by atoms with Gasteiger partial charge in [0.2, 0.25) is 0 Å². The summed E-state index contributed by atoms with van der Waals surface area (Å²) in [7, 11) is 1.63. The minimum absolute atomic E-state index is 0.0993. The summed E-state index contributed by atoms with van der Waals surface area (Å²) in [5.41, 5.74) is 3.78. The van der Waals surface area contributed by atoms with Crippen LogP contribution in [-0.4, -0.2) is 31.7 Å². The van der Waals surface area contributed by atoms with Gasteiger partial charge in [0, 0.05) is 5.56 Å². The third-order valence-corrected chi connectivity index (χ3v) is 5.18. The summed E-state index contributed by atoms with van der Waals surface area (Å²) in [4.78, 5) is 17.8. The third-order valence-electron chi connectivity index (χ3n) is 5.18.